The second-order valence-corrected chi connectivity index (χ2v) is 6.62. The number of carbonyl (C=O) groups excluding carboxylic acids is 2. The molecule has 0 aromatic heterocycles. The number of nitrogens with zero attached hydrogens (tertiary/aromatic N) is 2. The van der Waals surface area contributed by atoms with E-state index in [2.05, 4.69) is 16.9 Å². The third kappa shape index (κ3) is 5.97. The number of carbonyl (C=O) groups is 2. The van der Waals surface area contributed by atoms with Crippen molar-refractivity contribution in [2.24, 2.45) is 5.16 Å². The smallest absolute Gasteiger partial charge is 0.298 e. The molecule has 8 heteroatoms. The summed E-state index contributed by atoms with van der Waals surface area (Å²) < 4.78 is -0.00618. The summed E-state index contributed by atoms with van der Waals surface area (Å²) in [5, 5.41) is 3.55. The Kier molecular flexibility index (Phi) is 8.47. The van der Waals surface area contributed by atoms with Crippen molar-refractivity contribution in [1.29, 1.82) is 0 Å². The number of rotatable bonds is 6. The minimum absolute atomic E-state index is 0.00618. The van der Waals surface area contributed by atoms with Gasteiger partial charge in [-0.2, -0.15) is 0 Å². The third-order valence-electron chi connectivity index (χ3n) is 2.29. The van der Waals surface area contributed by atoms with Crippen LogP contribution in [-0.4, -0.2) is 52.6 Å². The van der Waals surface area contributed by atoms with Gasteiger partial charge in [0.1, 0.15) is 5.88 Å². The summed E-state index contributed by atoms with van der Waals surface area (Å²) in [6.45, 7) is 2.07. The van der Waals surface area contributed by atoms with Gasteiger partial charge in [-0.3, -0.25) is 9.63 Å². The standard InChI is InChI=1S/C10H17ClN2O3S2/c1-10(17-3,18-4)5-6-12-16-9(15)13(2)8(14)7-11/h6H,5,7H2,1-4H3. The number of imide groups is 1. The molecule has 0 spiro atoms. The Labute approximate surface area is 121 Å². The van der Waals surface area contributed by atoms with Gasteiger partial charge >= 0.3 is 6.09 Å². The van der Waals surface area contributed by atoms with Crippen LogP contribution < -0.4 is 0 Å². The van der Waals surface area contributed by atoms with Crippen molar-refractivity contribution in [3.8, 4) is 0 Å². The van der Waals surface area contributed by atoms with Gasteiger partial charge < -0.3 is 0 Å². The second-order valence-electron chi connectivity index (χ2n) is 3.48. The highest BCUT2D eigenvalue weighted by Gasteiger charge is 2.20. The molecule has 0 saturated heterocycles. The summed E-state index contributed by atoms with van der Waals surface area (Å²) >= 11 is 8.70. The number of alkyl halides is 1. The highest BCUT2D eigenvalue weighted by atomic mass is 35.5. The number of thioether (sulfide) groups is 2. The Hall–Kier alpha value is -0.400. The van der Waals surface area contributed by atoms with Crippen molar-refractivity contribution < 1.29 is 14.4 Å². The predicted octanol–water partition coefficient (Wildman–Crippen LogP) is 2.64. The first-order valence-corrected chi connectivity index (χ1v) is 8.04. The molecule has 0 N–H and O–H groups in total. The van der Waals surface area contributed by atoms with E-state index in [0.717, 1.165) is 4.90 Å². The third-order valence-corrected chi connectivity index (χ3v) is 5.58. The second kappa shape index (κ2) is 8.66. The zero-order chi connectivity index (χ0) is 14.2. The van der Waals surface area contributed by atoms with Crippen LogP contribution in [0.1, 0.15) is 13.3 Å². The monoisotopic (exact) mass is 312 g/mol. The number of oxime groups is 1. The lowest BCUT2D eigenvalue weighted by Gasteiger charge is -2.22. The zero-order valence-electron chi connectivity index (χ0n) is 10.8. The minimum Gasteiger partial charge on any atom is -0.298 e. The van der Waals surface area contributed by atoms with Crippen molar-refractivity contribution >= 4 is 53.3 Å². The molecule has 2 amide bonds. The molecule has 0 aliphatic heterocycles. The van der Waals surface area contributed by atoms with Gasteiger partial charge in [-0.15, -0.1) is 35.1 Å². The van der Waals surface area contributed by atoms with Gasteiger partial charge in [0.15, 0.2) is 0 Å². The Balaban J connectivity index is 4.18. The van der Waals surface area contributed by atoms with Gasteiger partial charge in [0.05, 0.1) is 4.08 Å². The van der Waals surface area contributed by atoms with Gasteiger partial charge in [0.25, 0.3) is 0 Å². The quantitative estimate of drug-likeness (QED) is 0.248. The zero-order valence-corrected chi connectivity index (χ0v) is 13.2. The summed E-state index contributed by atoms with van der Waals surface area (Å²) in [4.78, 5) is 27.7. The molecule has 18 heavy (non-hydrogen) atoms. The fraction of sp³-hybridized carbons (Fsp3) is 0.700. The first-order valence-electron chi connectivity index (χ1n) is 5.05. The minimum atomic E-state index is -0.841. The van der Waals surface area contributed by atoms with Crippen molar-refractivity contribution in [1.82, 2.24) is 4.90 Å². The van der Waals surface area contributed by atoms with Crippen LogP contribution in [0.25, 0.3) is 0 Å². The van der Waals surface area contributed by atoms with Gasteiger partial charge in [-0.05, 0) is 19.4 Å². The molecular weight excluding hydrogens is 296 g/mol. The molecule has 0 bridgehead atoms. The van der Waals surface area contributed by atoms with Crippen molar-refractivity contribution in [3.63, 3.8) is 0 Å². The number of hydrogen-bond acceptors (Lipinski definition) is 6. The fourth-order valence-electron chi connectivity index (χ4n) is 0.788. The van der Waals surface area contributed by atoms with Gasteiger partial charge in [0.2, 0.25) is 5.91 Å². The van der Waals surface area contributed by atoms with E-state index >= 15 is 0 Å². The van der Waals surface area contributed by atoms with Crippen LogP contribution in [0.4, 0.5) is 4.79 Å². The topological polar surface area (TPSA) is 59.0 Å². The molecule has 0 rings (SSSR count). The molecule has 0 atom stereocenters. The SMILES string of the molecule is CSC(C)(CC=NOC(=O)N(C)C(=O)CCl)SC. The molecule has 0 aromatic carbocycles. The number of halogens is 1. The van der Waals surface area contributed by atoms with E-state index in [4.69, 9.17) is 11.6 Å². The van der Waals surface area contributed by atoms with E-state index in [1.54, 1.807) is 23.5 Å². The highest BCUT2D eigenvalue weighted by Crippen LogP contribution is 2.35. The van der Waals surface area contributed by atoms with Crippen molar-refractivity contribution in [3.05, 3.63) is 0 Å². The lowest BCUT2D eigenvalue weighted by Crippen LogP contribution is -2.33. The molecular formula is C10H17ClN2O3S2. The van der Waals surface area contributed by atoms with Crippen molar-refractivity contribution in [2.45, 2.75) is 17.4 Å². The maximum Gasteiger partial charge on any atom is 0.442 e. The molecule has 0 radical (unpaired) electrons. The molecule has 0 saturated carbocycles. The molecule has 5 nitrogen and oxygen atoms in total. The largest absolute Gasteiger partial charge is 0.442 e. The number of hydrogen-bond donors (Lipinski definition) is 0. The number of amides is 2. The van der Waals surface area contributed by atoms with E-state index in [9.17, 15) is 9.59 Å². The lowest BCUT2D eigenvalue weighted by molar-refractivity contribution is -0.125. The summed E-state index contributed by atoms with van der Waals surface area (Å²) in [5.41, 5.74) is 0. The Morgan fingerprint density at radius 1 is 1.44 bits per heavy atom. The summed E-state index contributed by atoms with van der Waals surface area (Å²) in [5.74, 6) is -0.804. The van der Waals surface area contributed by atoms with E-state index in [1.165, 1.54) is 13.3 Å². The summed E-state index contributed by atoms with van der Waals surface area (Å²) in [6.07, 6.45) is 5.33. The van der Waals surface area contributed by atoms with Crippen LogP contribution in [0.2, 0.25) is 0 Å². The lowest BCUT2D eigenvalue weighted by atomic mass is 10.3. The van der Waals surface area contributed by atoms with Crippen molar-refractivity contribution in [2.75, 3.05) is 25.4 Å². The predicted molar refractivity (Wildman–Crippen MR) is 78.5 cm³/mol. The normalized spacial score (nSPS) is 11.6. The average Bonchev–Trinajstić information content (AvgIpc) is 2.41. The molecule has 0 aliphatic carbocycles. The van der Waals surface area contributed by atoms with Gasteiger partial charge in [0, 0.05) is 19.7 Å². The average molecular weight is 313 g/mol. The first kappa shape index (κ1) is 17.6. The van der Waals surface area contributed by atoms with Gasteiger partial charge in [-0.1, -0.05) is 5.16 Å². The van der Waals surface area contributed by atoms with E-state index in [1.807, 2.05) is 12.5 Å². The van der Waals surface area contributed by atoms with E-state index in [0.29, 0.717) is 6.42 Å². The van der Waals surface area contributed by atoms with Crippen LogP contribution in [0, 0.1) is 0 Å². The summed E-state index contributed by atoms with van der Waals surface area (Å²) in [7, 11) is 1.29. The molecule has 0 unspecified atom stereocenters. The van der Waals surface area contributed by atoms with E-state index in [-0.39, 0.29) is 9.96 Å². The Bertz CT molecular complexity index is 322. The molecule has 104 valence electrons. The van der Waals surface area contributed by atoms with Crippen LogP contribution >= 0.6 is 35.1 Å². The van der Waals surface area contributed by atoms with Gasteiger partial charge in [-0.25, -0.2) is 9.69 Å². The maximum absolute atomic E-state index is 11.3. The molecule has 0 heterocycles. The Morgan fingerprint density at radius 3 is 2.44 bits per heavy atom. The summed E-state index contributed by atoms with van der Waals surface area (Å²) in [6, 6.07) is 0. The maximum atomic E-state index is 11.3. The van der Waals surface area contributed by atoms with Crippen LogP contribution in [0.3, 0.4) is 0 Å². The van der Waals surface area contributed by atoms with Crippen LogP contribution in [0.5, 0.6) is 0 Å². The molecule has 0 fully saturated rings. The van der Waals surface area contributed by atoms with E-state index < -0.39 is 12.0 Å². The highest BCUT2D eigenvalue weighted by molar-refractivity contribution is 8.17. The molecule has 0 aliphatic rings. The molecule has 0 aromatic rings. The Morgan fingerprint density at radius 2 is 2.00 bits per heavy atom. The van der Waals surface area contributed by atoms with Crippen LogP contribution in [0.15, 0.2) is 5.16 Å². The fourth-order valence-corrected chi connectivity index (χ4v) is 2.12. The van der Waals surface area contributed by atoms with Crippen LogP contribution in [-0.2, 0) is 9.63 Å². The first-order chi connectivity index (χ1) is 8.40.